The smallest absolute Gasteiger partial charge is 0.272 e. The van der Waals surface area contributed by atoms with Crippen molar-refractivity contribution < 1.29 is 23.2 Å². The summed E-state index contributed by atoms with van der Waals surface area (Å²) in [5.74, 6) is -4.54. The summed E-state index contributed by atoms with van der Waals surface area (Å²) in [5.41, 5.74) is 1.85. The molecular weight excluding hydrogens is 595 g/mol. The highest BCUT2D eigenvalue weighted by atomic mass is 35.5. The first kappa shape index (κ1) is 28.0. The molecule has 1 atom stereocenters. The molecular formula is C26H23Cl2F2N9O3. The summed E-state index contributed by atoms with van der Waals surface area (Å²) in [4.78, 5) is 44.3. The Labute approximate surface area is 247 Å². The molecule has 2 saturated heterocycles. The van der Waals surface area contributed by atoms with Gasteiger partial charge in [0.1, 0.15) is 19.1 Å². The zero-order valence-corrected chi connectivity index (χ0v) is 23.6. The molecule has 2 aliphatic rings. The van der Waals surface area contributed by atoms with Crippen molar-refractivity contribution in [1.29, 1.82) is 0 Å². The number of amides is 3. The maximum atomic E-state index is 13.6. The van der Waals surface area contributed by atoms with Crippen LogP contribution < -0.4 is 10.2 Å². The molecule has 218 valence electrons. The van der Waals surface area contributed by atoms with Crippen LogP contribution in [-0.2, 0) is 21.4 Å². The lowest BCUT2D eigenvalue weighted by molar-refractivity contribution is -0.153. The Hall–Kier alpha value is -4.14. The van der Waals surface area contributed by atoms with Crippen molar-refractivity contribution in [2.75, 3.05) is 42.9 Å². The Morgan fingerprint density at radius 2 is 1.83 bits per heavy atom. The average molecular weight is 618 g/mol. The fourth-order valence-electron chi connectivity index (χ4n) is 5.16. The summed E-state index contributed by atoms with van der Waals surface area (Å²) in [6.45, 7) is -2.15. The lowest BCUT2D eigenvalue weighted by atomic mass is 10.1. The predicted molar refractivity (Wildman–Crippen MR) is 150 cm³/mol. The summed E-state index contributed by atoms with van der Waals surface area (Å²) >= 11 is 12.1. The van der Waals surface area contributed by atoms with Gasteiger partial charge in [-0.3, -0.25) is 28.9 Å². The van der Waals surface area contributed by atoms with Crippen molar-refractivity contribution in [2.45, 2.75) is 12.0 Å². The minimum absolute atomic E-state index is 0.122. The van der Waals surface area contributed by atoms with Gasteiger partial charge in [0.05, 0.1) is 36.2 Å². The molecule has 0 aliphatic carbocycles. The van der Waals surface area contributed by atoms with Crippen molar-refractivity contribution in [1.82, 2.24) is 34.6 Å². The molecule has 0 radical (unpaired) electrons. The molecule has 0 bridgehead atoms. The number of nitrogens with one attached hydrogen (secondary N) is 1. The van der Waals surface area contributed by atoms with Crippen molar-refractivity contribution in [3.63, 3.8) is 0 Å². The second-order valence-electron chi connectivity index (χ2n) is 10.2. The van der Waals surface area contributed by atoms with Gasteiger partial charge in [-0.05, 0) is 36.4 Å². The lowest BCUT2D eigenvalue weighted by Gasteiger charge is -2.44. The fourth-order valence-corrected chi connectivity index (χ4v) is 5.45. The van der Waals surface area contributed by atoms with Gasteiger partial charge in [0, 0.05) is 35.9 Å². The van der Waals surface area contributed by atoms with E-state index in [1.165, 1.54) is 26.7 Å². The lowest BCUT2D eigenvalue weighted by Crippen LogP contribution is -2.65. The van der Waals surface area contributed by atoms with Gasteiger partial charge in [-0.25, -0.2) is 13.5 Å². The first-order valence-corrected chi connectivity index (χ1v) is 13.5. The van der Waals surface area contributed by atoms with Gasteiger partial charge >= 0.3 is 0 Å². The molecule has 1 N–H and O–H groups in total. The van der Waals surface area contributed by atoms with Gasteiger partial charge in [0.2, 0.25) is 17.7 Å². The Bertz CT molecular complexity index is 1720. The molecule has 3 amide bonds. The van der Waals surface area contributed by atoms with E-state index in [-0.39, 0.29) is 17.4 Å². The minimum Gasteiger partial charge on any atom is -0.324 e. The molecule has 2 aliphatic heterocycles. The molecule has 6 rings (SSSR count). The summed E-state index contributed by atoms with van der Waals surface area (Å²) in [7, 11) is 1.77. The van der Waals surface area contributed by atoms with Gasteiger partial charge in [0.25, 0.3) is 5.92 Å². The SMILES string of the molecule is Cn1cc2cc(NC(=O)C(CN3CC(F)(F)C3)N3CC(=O)N(c4cc(Cl)ccc4-n4cc(Cl)nn4)CC3=O)ccc2n1. The van der Waals surface area contributed by atoms with Crippen LogP contribution in [0, 0.1) is 0 Å². The Morgan fingerprint density at radius 3 is 2.55 bits per heavy atom. The maximum absolute atomic E-state index is 13.6. The standard InChI is InChI=1S/C26H23Cl2F2N9O3/c1-35-8-15-6-17(3-4-18(15)33-35)31-25(42)21(9-36-13-26(29,30)14-36)38-12-23(40)37(11-24(38)41)20-7-16(27)2-5-19(20)39-10-22(28)32-34-39/h2-8,10,21H,9,11-14H2,1H3,(H,31,42). The first-order chi connectivity index (χ1) is 20.0. The zero-order chi connectivity index (χ0) is 29.8. The topological polar surface area (TPSA) is 121 Å². The monoisotopic (exact) mass is 617 g/mol. The number of piperazine rings is 1. The van der Waals surface area contributed by atoms with Gasteiger partial charge in [-0.1, -0.05) is 28.4 Å². The number of aryl methyl sites for hydroxylation is 1. The molecule has 2 aromatic carbocycles. The van der Waals surface area contributed by atoms with E-state index < -0.39 is 55.9 Å². The molecule has 16 heteroatoms. The van der Waals surface area contributed by atoms with E-state index in [2.05, 4.69) is 20.7 Å². The third-order valence-electron chi connectivity index (χ3n) is 7.07. The van der Waals surface area contributed by atoms with Crippen LogP contribution in [0.5, 0.6) is 0 Å². The van der Waals surface area contributed by atoms with Crippen molar-refractivity contribution in [3.8, 4) is 5.69 Å². The van der Waals surface area contributed by atoms with Crippen LogP contribution in [0.25, 0.3) is 16.6 Å². The van der Waals surface area contributed by atoms with E-state index in [4.69, 9.17) is 23.2 Å². The highest BCUT2D eigenvalue weighted by Crippen LogP contribution is 2.31. The number of carbonyl (C=O) groups excluding carboxylic acids is 3. The van der Waals surface area contributed by atoms with Crippen LogP contribution in [0.15, 0.2) is 48.8 Å². The van der Waals surface area contributed by atoms with Gasteiger partial charge in [0.15, 0.2) is 5.15 Å². The number of anilines is 2. The summed E-state index contributed by atoms with van der Waals surface area (Å²) in [5, 5.41) is 16.0. The Morgan fingerprint density at radius 1 is 1.05 bits per heavy atom. The quantitative estimate of drug-likeness (QED) is 0.338. The number of rotatable bonds is 7. The second-order valence-corrected chi connectivity index (χ2v) is 11.1. The van der Waals surface area contributed by atoms with Crippen LogP contribution >= 0.6 is 23.2 Å². The van der Waals surface area contributed by atoms with E-state index in [1.54, 1.807) is 48.3 Å². The van der Waals surface area contributed by atoms with Crippen molar-refractivity contribution >= 4 is 63.2 Å². The van der Waals surface area contributed by atoms with Crippen LogP contribution in [0.4, 0.5) is 20.2 Å². The first-order valence-electron chi connectivity index (χ1n) is 12.8. The highest BCUT2D eigenvalue weighted by molar-refractivity contribution is 6.31. The number of halogens is 4. The van der Waals surface area contributed by atoms with Crippen molar-refractivity contribution in [3.05, 3.63) is 59.0 Å². The molecule has 4 heterocycles. The van der Waals surface area contributed by atoms with Crippen LogP contribution in [0.1, 0.15) is 0 Å². The number of benzene rings is 2. The van der Waals surface area contributed by atoms with Crippen LogP contribution in [-0.4, -0.2) is 97.0 Å². The van der Waals surface area contributed by atoms with E-state index in [1.807, 2.05) is 0 Å². The second kappa shape index (κ2) is 10.6. The molecule has 2 aromatic heterocycles. The average Bonchev–Trinajstić information content (AvgIpc) is 3.51. The normalized spacial score (nSPS) is 17.9. The number of hydrogen-bond donors (Lipinski definition) is 1. The highest BCUT2D eigenvalue weighted by Gasteiger charge is 2.47. The molecule has 1 unspecified atom stereocenters. The molecule has 0 saturated carbocycles. The molecule has 12 nitrogen and oxygen atoms in total. The number of likely N-dealkylation sites (tertiary alicyclic amines) is 1. The van der Waals surface area contributed by atoms with E-state index >= 15 is 0 Å². The summed E-state index contributed by atoms with van der Waals surface area (Å²) in [6.07, 6.45) is 3.21. The number of fused-ring (bicyclic) bond motifs is 1. The van der Waals surface area contributed by atoms with Crippen molar-refractivity contribution in [2.24, 2.45) is 7.05 Å². The van der Waals surface area contributed by atoms with Gasteiger partial charge in [-0.2, -0.15) is 5.10 Å². The van der Waals surface area contributed by atoms with Gasteiger partial charge < -0.3 is 10.2 Å². The van der Waals surface area contributed by atoms with E-state index in [9.17, 15) is 23.2 Å². The minimum atomic E-state index is -2.88. The maximum Gasteiger partial charge on any atom is 0.272 e. The third kappa shape index (κ3) is 5.52. The fraction of sp³-hybridized carbons (Fsp3) is 0.308. The summed E-state index contributed by atoms with van der Waals surface area (Å²) in [6, 6.07) is 8.60. The molecule has 42 heavy (non-hydrogen) atoms. The van der Waals surface area contributed by atoms with Crippen LogP contribution in [0.3, 0.4) is 0 Å². The largest absolute Gasteiger partial charge is 0.324 e. The Balaban J connectivity index is 1.26. The third-order valence-corrected chi connectivity index (χ3v) is 7.48. The summed E-state index contributed by atoms with van der Waals surface area (Å²) < 4.78 is 30.3. The molecule has 4 aromatic rings. The number of hydrogen-bond acceptors (Lipinski definition) is 7. The van der Waals surface area contributed by atoms with E-state index in [0.29, 0.717) is 16.4 Å². The predicted octanol–water partition coefficient (Wildman–Crippen LogP) is 2.59. The number of nitrogens with zero attached hydrogens (tertiary/aromatic N) is 8. The van der Waals surface area contributed by atoms with Gasteiger partial charge in [-0.15, -0.1) is 5.10 Å². The number of carbonyl (C=O) groups is 3. The van der Waals surface area contributed by atoms with E-state index in [0.717, 1.165) is 15.8 Å². The van der Waals surface area contributed by atoms with Crippen LogP contribution in [0.2, 0.25) is 10.2 Å². The number of aromatic nitrogens is 5. The molecule has 2 fully saturated rings. The molecule has 0 spiro atoms. The zero-order valence-electron chi connectivity index (χ0n) is 22.0. The number of alkyl halides is 2. The Kier molecular flexibility index (Phi) is 7.07.